The average Bonchev–Trinajstić information content (AvgIpc) is 2.04. The Bertz CT molecular complexity index is 140. The van der Waals surface area contributed by atoms with E-state index in [4.69, 9.17) is 0 Å². The van der Waals surface area contributed by atoms with Gasteiger partial charge in [-0.15, -0.1) is 0 Å². The van der Waals surface area contributed by atoms with E-state index < -0.39 is 0 Å². The van der Waals surface area contributed by atoms with Crippen molar-refractivity contribution in [2.24, 2.45) is 0 Å². The van der Waals surface area contributed by atoms with Crippen molar-refractivity contribution in [1.29, 1.82) is 0 Å². The smallest absolute Gasteiger partial charge is 0.0556 e. The molecule has 64 valence electrons. The summed E-state index contributed by atoms with van der Waals surface area (Å²) >= 11 is 0. The van der Waals surface area contributed by atoms with Crippen LogP contribution < -0.4 is 10.6 Å². The lowest BCUT2D eigenvalue weighted by Gasteiger charge is -2.39. The number of aliphatic hydroxyl groups excluding tert-OH is 1. The molecule has 0 unspecified atom stereocenters. The first-order valence-electron chi connectivity index (χ1n) is 4.51. The van der Waals surface area contributed by atoms with Crippen molar-refractivity contribution in [2.75, 3.05) is 13.1 Å². The van der Waals surface area contributed by atoms with Gasteiger partial charge in [-0.3, -0.25) is 0 Å². The van der Waals surface area contributed by atoms with Crippen LogP contribution in [0.5, 0.6) is 0 Å². The lowest BCUT2D eigenvalue weighted by Crippen LogP contribution is -2.58. The molecule has 2 fully saturated rings. The summed E-state index contributed by atoms with van der Waals surface area (Å²) in [7, 11) is 0. The van der Waals surface area contributed by atoms with Crippen LogP contribution in [0.15, 0.2) is 0 Å². The van der Waals surface area contributed by atoms with Crippen LogP contribution in [0.3, 0.4) is 0 Å². The molecule has 2 rings (SSSR count). The van der Waals surface area contributed by atoms with Crippen molar-refractivity contribution in [1.82, 2.24) is 10.6 Å². The molecule has 0 amide bonds. The van der Waals surface area contributed by atoms with Crippen LogP contribution in [-0.2, 0) is 0 Å². The molecule has 1 aliphatic heterocycles. The Hall–Kier alpha value is -0.120. The Labute approximate surface area is 67.2 Å². The third-order valence-electron chi connectivity index (χ3n) is 2.76. The molecule has 1 aliphatic carbocycles. The lowest BCUT2D eigenvalue weighted by molar-refractivity contribution is 0.0870. The lowest BCUT2D eigenvalue weighted by atomic mass is 9.87. The zero-order valence-electron chi connectivity index (χ0n) is 6.71. The third-order valence-corrected chi connectivity index (χ3v) is 2.76. The van der Waals surface area contributed by atoms with Gasteiger partial charge in [0.05, 0.1) is 6.10 Å². The molecule has 3 nitrogen and oxygen atoms in total. The van der Waals surface area contributed by atoms with Gasteiger partial charge in [0.15, 0.2) is 0 Å². The molecule has 3 heteroatoms. The van der Waals surface area contributed by atoms with E-state index in [0.717, 1.165) is 32.4 Å². The molecule has 3 N–H and O–H groups in total. The van der Waals surface area contributed by atoms with Crippen molar-refractivity contribution >= 4 is 0 Å². The summed E-state index contributed by atoms with van der Waals surface area (Å²) in [6.07, 6.45) is 2.95. The van der Waals surface area contributed by atoms with Crippen LogP contribution in [0, 0.1) is 0 Å². The normalized spacial score (nSPS) is 45.0. The maximum atomic E-state index is 9.38. The summed E-state index contributed by atoms with van der Waals surface area (Å²) in [4.78, 5) is 0. The molecule has 1 heterocycles. The number of rotatable bonds is 0. The highest BCUT2D eigenvalue weighted by Crippen LogP contribution is 2.20. The van der Waals surface area contributed by atoms with Gasteiger partial charge in [0.2, 0.25) is 0 Å². The molecule has 2 aliphatic rings. The quantitative estimate of drug-likeness (QED) is 0.441. The number of piperazine rings is 1. The second-order valence-corrected chi connectivity index (χ2v) is 3.59. The van der Waals surface area contributed by atoms with Gasteiger partial charge >= 0.3 is 0 Å². The van der Waals surface area contributed by atoms with Gasteiger partial charge in [0.1, 0.15) is 0 Å². The summed E-state index contributed by atoms with van der Waals surface area (Å²) < 4.78 is 0. The third kappa shape index (κ3) is 1.55. The highest BCUT2D eigenvalue weighted by atomic mass is 16.3. The first kappa shape index (κ1) is 7.53. The van der Waals surface area contributed by atoms with Crippen molar-refractivity contribution in [3.05, 3.63) is 0 Å². The zero-order valence-corrected chi connectivity index (χ0v) is 6.71. The highest BCUT2D eigenvalue weighted by Gasteiger charge is 2.30. The van der Waals surface area contributed by atoms with Gasteiger partial charge in [0, 0.05) is 25.2 Å². The molecular formula is C8H16N2O. The van der Waals surface area contributed by atoms with Crippen molar-refractivity contribution < 1.29 is 5.11 Å². The van der Waals surface area contributed by atoms with Crippen LogP contribution in [0.2, 0.25) is 0 Å². The summed E-state index contributed by atoms with van der Waals surface area (Å²) in [5.41, 5.74) is 0. The Morgan fingerprint density at radius 2 is 1.73 bits per heavy atom. The fraction of sp³-hybridized carbons (Fsp3) is 1.00. The molecule has 0 radical (unpaired) electrons. The molecule has 0 aromatic heterocycles. The summed E-state index contributed by atoms with van der Waals surface area (Å²) in [6, 6.07) is 1.14. The van der Waals surface area contributed by atoms with Gasteiger partial charge in [-0.05, 0) is 19.3 Å². The molecule has 0 aromatic rings. The Morgan fingerprint density at radius 1 is 1.00 bits per heavy atom. The average molecular weight is 156 g/mol. The van der Waals surface area contributed by atoms with E-state index in [1.165, 1.54) is 0 Å². The van der Waals surface area contributed by atoms with Crippen LogP contribution >= 0.6 is 0 Å². The van der Waals surface area contributed by atoms with Crippen molar-refractivity contribution in [2.45, 2.75) is 37.5 Å². The standard InChI is InChI=1S/C8H16N2O/c11-6-1-2-7-8(5-6)10-4-3-9-7/h6-11H,1-5H2/t6-,7+,8+/m1/s1. The van der Waals surface area contributed by atoms with Crippen molar-refractivity contribution in [3.8, 4) is 0 Å². The number of fused-ring (bicyclic) bond motifs is 1. The largest absolute Gasteiger partial charge is 0.393 e. The van der Waals surface area contributed by atoms with Crippen LogP contribution in [0.4, 0.5) is 0 Å². The van der Waals surface area contributed by atoms with E-state index in [0.29, 0.717) is 12.1 Å². The molecule has 0 aromatic carbocycles. The maximum absolute atomic E-state index is 9.38. The molecule has 0 bridgehead atoms. The summed E-state index contributed by atoms with van der Waals surface area (Å²) in [6.45, 7) is 2.13. The second kappa shape index (κ2) is 3.09. The molecule has 1 saturated carbocycles. The Kier molecular flexibility index (Phi) is 2.11. The monoisotopic (exact) mass is 156 g/mol. The van der Waals surface area contributed by atoms with E-state index in [9.17, 15) is 5.11 Å². The summed E-state index contributed by atoms with van der Waals surface area (Å²) in [5, 5.41) is 16.3. The highest BCUT2D eigenvalue weighted by molar-refractivity contribution is 4.92. The summed E-state index contributed by atoms with van der Waals surface area (Å²) in [5.74, 6) is 0. The molecule has 1 saturated heterocycles. The molecule has 0 spiro atoms. The molecule has 11 heavy (non-hydrogen) atoms. The Balaban J connectivity index is 1.93. The van der Waals surface area contributed by atoms with Gasteiger partial charge in [-0.25, -0.2) is 0 Å². The first-order chi connectivity index (χ1) is 5.36. The van der Waals surface area contributed by atoms with E-state index in [-0.39, 0.29) is 6.10 Å². The van der Waals surface area contributed by atoms with E-state index in [1.54, 1.807) is 0 Å². The fourth-order valence-electron chi connectivity index (χ4n) is 2.13. The van der Waals surface area contributed by atoms with Crippen LogP contribution in [0.25, 0.3) is 0 Å². The minimum atomic E-state index is -0.0661. The van der Waals surface area contributed by atoms with Crippen molar-refractivity contribution in [3.63, 3.8) is 0 Å². The molecule has 3 atom stereocenters. The minimum Gasteiger partial charge on any atom is -0.393 e. The SMILES string of the molecule is O[C@@H]1CC[C@@H]2NCCN[C@H]2C1. The number of hydrogen-bond acceptors (Lipinski definition) is 3. The van der Waals surface area contributed by atoms with Gasteiger partial charge in [0.25, 0.3) is 0 Å². The second-order valence-electron chi connectivity index (χ2n) is 3.59. The minimum absolute atomic E-state index is 0.0661. The predicted octanol–water partition coefficient (Wildman–Crippen LogP) is -0.539. The predicted molar refractivity (Wildman–Crippen MR) is 43.4 cm³/mol. The maximum Gasteiger partial charge on any atom is 0.0556 e. The fourth-order valence-corrected chi connectivity index (χ4v) is 2.13. The number of nitrogens with one attached hydrogen (secondary N) is 2. The van der Waals surface area contributed by atoms with Gasteiger partial charge < -0.3 is 15.7 Å². The molecular weight excluding hydrogens is 140 g/mol. The number of hydrogen-bond donors (Lipinski definition) is 3. The van der Waals surface area contributed by atoms with E-state index >= 15 is 0 Å². The van der Waals surface area contributed by atoms with E-state index in [1.807, 2.05) is 0 Å². The topological polar surface area (TPSA) is 44.3 Å². The van der Waals surface area contributed by atoms with Gasteiger partial charge in [-0.1, -0.05) is 0 Å². The number of aliphatic hydroxyl groups is 1. The Morgan fingerprint density at radius 3 is 2.55 bits per heavy atom. The van der Waals surface area contributed by atoms with E-state index in [2.05, 4.69) is 10.6 Å². The zero-order chi connectivity index (χ0) is 7.68. The van der Waals surface area contributed by atoms with Gasteiger partial charge in [-0.2, -0.15) is 0 Å². The van der Waals surface area contributed by atoms with Crippen LogP contribution in [0.1, 0.15) is 19.3 Å². The first-order valence-corrected chi connectivity index (χ1v) is 4.51. The van der Waals surface area contributed by atoms with Crippen LogP contribution in [-0.4, -0.2) is 36.4 Å².